The lowest BCUT2D eigenvalue weighted by Gasteiger charge is -2.27. The van der Waals surface area contributed by atoms with Crippen molar-refractivity contribution in [1.29, 1.82) is 0 Å². The van der Waals surface area contributed by atoms with Crippen LogP contribution >= 0.6 is 0 Å². The first-order valence-electron chi connectivity index (χ1n) is 11.2. The standard InChI is InChI=1S/C26H28N4O3S/c1-29(34(32,33)23-12-6-3-7-13-23)25-15-9-8-14-24(25)26(31)28-27-22-16-18-30(19-17-22)20-21-10-4-2-5-11-21/h2-15H,16-20H2,1H3,(H,28,31). The van der Waals surface area contributed by atoms with E-state index in [0.29, 0.717) is 5.69 Å². The molecule has 176 valence electrons. The molecule has 1 aliphatic heterocycles. The number of hydrogen-bond acceptors (Lipinski definition) is 5. The summed E-state index contributed by atoms with van der Waals surface area (Å²) in [6, 6.07) is 25.1. The fourth-order valence-electron chi connectivity index (χ4n) is 3.93. The molecule has 1 amide bonds. The molecule has 1 N–H and O–H groups in total. The predicted octanol–water partition coefficient (Wildman–Crippen LogP) is 3.89. The maximum absolute atomic E-state index is 13.0. The second kappa shape index (κ2) is 10.6. The number of likely N-dealkylation sites (tertiary alicyclic amines) is 1. The summed E-state index contributed by atoms with van der Waals surface area (Å²) in [4.78, 5) is 15.5. The molecule has 0 atom stereocenters. The van der Waals surface area contributed by atoms with Gasteiger partial charge in [0.1, 0.15) is 0 Å². The second-order valence-corrected chi connectivity index (χ2v) is 10.2. The van der Waals surface area contributed by atoms with Crippen molar-refractivity contribution < 1.29 is 13.2 Å². The summed E-state index contributed by atoms with van der Waals surface area (Å²) in [7, 11) is -2.36. The van der Waals surface area contributed by atoms with Crippen molar-refractivity contribution in [2.24, 2.45) is 5.10 Å². The number of nitrogens with zero attached hydrogens (tertiary/aromatic N) is 3. The average Bonchev–Trinajstić information content (AvgIpc) is 2.89. The van der Waals surface area contributed by atoms with Gasteiger partial charge in [-0.1, -0.05) is 60.7 Å². The molecule has 0 radical (unpaired) electrons. The SMILES string of the molecule is CN(c1ccccc1C(=O)NN=C1CCN(Cc2ccccc2)CC1)S(=O)(=O)c1ccccc1. The van der Waals surface area contributed by atoms with Crippen molar-refractivity contribution in [3.63, 3.8) is 0 Å². The zero-order valence-electron chi connectivity index (χ0n) is 19.1. The fourth-order valence-corrected chi connectivity index (χ4v) is 5.17. The van der Waals surface area contributed by atoms with Gasteiger partial charge in [0.15, 0.2) is 0 Å². The topological polar surface area (TPSA) is 82.1 Å². The molecule has 7 nitrogen and oxygen atoms in total. The monoisotopic (exact) mass is 476 g/mol. The van der Waals surface area contributed by atoms with Crippen LogP contribution in [0.15, 0.2) is 94.9 Å². The largest absolute Gasteiger partial charge is 0.298 e. The lowest BCUT2D eigenvalue weighted by atomic mass is 10.1. The van der Waals surface area contributed by atoms with Gasteiger partial charge in [-0.05, 0) is 29.8 Å². The molecule has 1 heterocycles. The van der Waals surface area contributed by atoms with Gasteiger partial charge in [0.05, 0.1) is 16.1 Å². The Bertz CT molecular complexity index is 1250. The number of benzene rings is 3. The Morgan fingerprint density at radius 1 is 0.912 bits per heavy atom. The number of nitrogens with one attached hydrogen (secondary N) is 1. The van der Waals surface area contributed by atoms with E-state index in [0.717, 1.165) is 42.5 Å². The van der Waals surface area contributed by atoms with E-state index in [1.807, 2.05) is 18.2 Å². The third-order valence-electron chi connectivity index (χ3n) is 5.89. The number of carbonyl (C=O) groups excluding carboxylic acids is 1. The molecule has 0 bridgehead atoms. The quantitative estimate of drug-likeness (QED) is 0.525. The van der Waals surface area contributed by atoms with E-state index in [4.69, 9.17) is 0 Å². The van der Waals surface area contributed by atoms with Crippen molar-refractivity contribution in [2.75, 3.05) is 24.4 Å². The molecule has 4 rings (SSSR count). The molecule has 0 aromatic heterocycles. The van der Waals surface area contributed by atoms with E-state index >= 15 is 0 Å². The number of para-hydroxylation sites is 1. The van der Waals surface area contributed by atoms with Crippen LogP contribution in [0.4, 0.5) is 5.69 Å². The van der Waals surface area contributed by atoms with E-state index < -0.39 is 15.9 Å². The lowest BCUT2D eigenvalue weighted by Crippen LogP contribution is -2.34. The van der Waals surface area contributed by atoms with E-state index in [9.17, 15) is 13.2 Å². The third kappa shape index (κ3) is 5.52. The van der Waals surface area contributed by atoms with E-state index in [1.165, 1.54) is 24.7 Å². The zero-order chi connectivity index (χ0) is 24.0. The van der Waals surface area contributed by atoms with Crippen LogP contribution in [-0.4, -0.2) is 45.1 Å². The summed E-state index contributed by atoms with van der Waals surface area (Å²) in [5.41, 5.74) is 5.38. The maximum atomic E-state index is 13.0. The molecule has 0 aliphatic carbocycles. The second-order valence-electron chi connectivity index (χ2n) is 8.18. The number of anilines is 1. The molecule has 0 saturated carbocycles. The molecule has 34 heavy (non-hydrogen) atoms. The molecular formula is C26H28N4O3S. The van der Waals surface area contributed by atoms with E-state index in [2.05, 4.69) is 27.6 Å². The van der Waals surface area contributed by atoms with Crippen LogP contribution in [0.1, 0.15) is 28.8 Å². The summed E-state index contributed by atoms with van der Waals surface area (Å²) >= 11 is 0. The van der Waals surface area contributed by atoms with Crippen molar-refractivity contribution in [1.82, 2.24) is 10.3 Å². The average molecular weight is 477 g/mol. The van der Waals surface area contributed by atoms with Gasteiger partial charge >= 0.3 is 0 Å². The van der Waals surface area contributed by atoms with Crippen LogP contribution in [0.3, 0.4) is 0 Å². The highest BCUT2D eigenvalue weighted by atomic mass is 32.2. The molecule has 1 saturated heterocycles. The number of hydrogen-bond donors (Lipinski definition) is 1. The summed E-state index contributed by atoms with van der Waals surface area (Å²) < 4.78 is 27.2. The Balaban J connectivity index is 1.41. The smallest absolute Gasteiger partial charge is 0.273 e. The first-order chi connectivity index (χ1) is 16.4. The van der Waals surface area contributed by atoms with Crippen LogP contribution < -0.4 is 9.73 Å². The zero-order valence-corrected chi connectivity index (χ0v) is 19.9. The molecule has 1 fully saturated rings. The maximum Gasteiger partial charge on any atom is 0.273 e. The summed E-state index contributed by atoms with van der Waals surface area (Å²) in [5, 5.41) is 4.34. The van der Waals surface area contributed by atoms with Gasteiger partial charge in [0, 0.05) is 45.2 Å². The number of rotatable bonds is 7. The Morgan fingerprint density at radius 2 is 1.50 bits per heavy atom. The Kier molecular flexibility index (Phi) is 7.40. The van der Waals surface area contributed by atoms with E-state index in [-0.39, 0.29) is 10.5 Å². The fraction of sp³-hybridized carbons (Fsp3) is 0.231. The van der Waals surface area contributed by atoms with Crippen LogP contribution in [0.2, 0.25) is 0 Å². The van der Waals surface area contributed by atoms with Crippen LogP contribution in [0.5, 0.6) is 0 Å². The van der Waals surface area contributed by atoms with Gasteiger partial charge in [0.2, 0.25) is 0 Å². The van der Waals surface area contributed by atoms with Crippen LogP contribution in [-0.2, 0) is 16.6 Å². The number of hydrazone groups is 1. The predicted molar refractivity (Wildman–Crippen MR) is 134 cm³/mol. The van der Waals surface area contributed by atoms with Crippen molar-refractivity contribution >= 4 is 27.3 Å². The van der Waals surface area contributed by atoms with Crippen LogP contribution in [0, 0.1) is 0 Å². The van der Waals surface area contributed by atoms with Gasteiger partial charge in [-0.2, -0.15) is 5.10 Å². The first kappa shape index (κ1) is 23.7. The molecular weight excluding hydrogens is 448 g/mol. The van der Waals surface area contributed by atoms with Gasteiger partial charge in [0.25, 0.3) is 15.9 Å². The van der Waals surface area contributed by atoms with Crippen molar-refractivity contribution in [3.05, 3.63) is 96.1 Å². The van der Waals surface area contributed by atoms with E-state index in [1.54, 1.807) is 42.5 Å². The minimum Gasteiger partial charge on any atom is -0.298 e. The first-order valence-corrected chi connectivity index (χ1v) is 12.6. The Labute approximate surface area is 200 Å². The number of amides is 1. The molecule has 3 aromatic rings. The van der Waals surface area contributed by atoms with Gasteiger partial charge in [-0.15, -0.1) is 0 Å². The van der Waals surface area contributed by atoms with Gasteiger partial charge < -0.3 is 0 Å². The molecule has 3 aromatic carbocycles. The molecule has 0 unspecified atom stereocenters. The number of piperidine rings is 1. The normalized spacial score (nSPS) is 14.4. The highest BCUT2D eigenvalue weighted by molar-refractivity contribution is 7.92. The summed E-state index contributed by atoms with van der Waals surface area (Å²) in [6.07, 6.45) is 1.55. The lowest BCUT2D eigenvalue weighted by molar-refractivity contribution is 0.0955. The van der Waals surface area contributed by atoms with Crippen molar-refractivity contribution in [3.8, 4) is 0 Å². The highest BCUT2D eigenvalue weighted by Gasteiger charge is 2.25. The highest BCUT2D eigenvalue weighted by Crippen LogP contribution is 2.25. The number of sulfonamides is 1. The minimum atomic E-state index is -3.80. The molecule has 0 spiro atoms. The third-order valence-corrected chi connectivity index (χ3v) is 7.67. The molecule has 8 heteroatoms. The summed E-state index contributed by atoms with van der Waals surface area (Å²) in [6.45, 7) is 2.65. The number of carbonyl (C=O) groups is 1. The summed E-state index contributed by atoms with van der Waals surface area (Å²) in [5.74, 6) is -0.440. The van der Waals surface area contributed by atoms with Crippen LogP contribution in [0.25, 0.3) is 0 Å². The van der Waals surface area contributed by atoms with Gasteiger partial charge in [-0.25, -0.2) is 13.8 Å². The molecule has 1 aliphatic rings. The minimum absolute atomic E-state index is 0.162. The Hall–Kier alpha value is -3.49. The van der Waals surface area contributed by atoms with Crippen molar-refractivity contribution in [2.45, 2.75) is 24.3 Å². The Morgan fingerprint density at radius 3 is 2.18 bits per heavy atom. The van der Waals surface area contributed by atoms with Gasteiger partial charge in [-0.3, -0.25) is 14.0 Å².